The fraction of sp³-hybridized carbons (Fsp3) is 0.471. The molecule has 128 valence electrons. The van der Waals surface area contributed by atoms with Gasteiger partial charge >= 0.3 is 0 Å². The number of hydrogen-bond donors (Lipinski definition) is 0. The molecule has 3 rings (SSSR count). The molecule has 0 N–H and O–H groups in total. The van der Waals surface area contributed by atoms with Crippen LogP contribution in [0.1, 0.15) is 28.2 Å². The van der Waals surface area contributed by atoms with Crippen molar-refractivity contribution in [3.63, 3.8) is 0 Å². The number of pyridine rings is 1. The zero-order valence-electron chi connectivity index (χ0n) is 14.4. The third-order valence-electron chi connectivity index (χ3n) is 4.15. The van der Waals surface area contributed by atoms with E-state index in [0.29, 0.717) is 30.1 Å². The minimum Gasteiger partial charge on any atom is -0.485 e. The molecule has 1 unspecified atom stereocenters. The number of anilines is 1. The second kappa shape index (κ2) is 6.51. The molecule has 3 heterocycles. The van der Waals surface area contributed by atoms with E-state index < -0.39 is 0 Å². The molecule has 0 bridgehead atoms. The number of aromatic nitrogens is 2. The van der Waals surface area contributed by atoms with Gasteiger partial charge in [0.1, 0.15) is 17.4 Å². The molecule has 0 radical (unpaired) electrons. The third-order valence-corrected chi connectivity index (χ3v) is 4.15. The molecule has 0 saturated carbocycles. The van der Waals surface area contributed by atoms with E-state index in [2.05, 4.69) is 10.1 Å². The highest BCUT2D eigenvalue weighted by Crippen LogP contribution is 2.27. The minimum atomic E-state index is -0.0450. The lowest BCUT2D eigenvalue weighted by Crippen LogP contribution is -2.31. The molecule has 1 aliphatic heterocycles. The Balaban J connectivity index is 1.69. The van der Waals surface area contributed by atoms with Gasteiger partial charge in [0.15, 0.2) is 11.6 Å². The first kappa shape index (κ1) is 16.3. The number of carbonyl (C=O) groups excluding carboxylic acids is 1. The molecule has 1 amide bonds. The van der Waals surface area contributed by atoms with Gasteiger partial charge in [0.05, 0.1) is 12.2 Å². The summed E-state index contributed by atoms with van der Waals surface area (Å²) in [6.45, 7) is 4.75. The Morgan fingerprint density at radius 2 is 2.21 bits per heavy atom. The average molecular weight is 330 g/mol. The molecule has 1 aliphatic rings. The summed E-state index contributed by atoms with van der Waals surface area (Å²) in [5.74, 6) is 2.03. The van der Waals surface area contributed by atoms with Crippen molar-refractivity contribution >= 4 is 11.7 Å². The second-order valence-electron chi connectivity index (χ2n) is 6.20. The van der Waals surface area contributed by atoms with E-state index in [1.165, 1.54) is 0 Å². The van der Waals surface area contributed by atoms with Gasteiger partial charge in [-0.1, -0.05) is 5.16 Å². The average Bonchev–Trinajstić information content (AvgIpc) is 3.14. The molecule has 7 nitrogen and oxygen atoms in total. The van der Waals surface area contributed by atoms with E-state index in [0.717, 1.165) is 18.0 Å². The summed E-state index contributed by atoms with van der Waals surface area (Å²) in [5.41, 5.74) is 1.19. The first-order valence-corrected chi connectivity index (χ1v) is 7.98. The molecule has 0 aromatic carbocycles. The van der Waals surface area contributed by atoms with Gasteiger partial charge in [0.25, 0.3) is 5.91 Å². The molecule has 24 heavy (non-hydrogen) atoms. The monoisotopic (exact) mass is 330 g/mol. The van der Waals surface area contributed by atoms with Crippen LogP contribution in [0.25, 0.3) is 0 Å². The van der Waals surface area contributed by atoms with Gasteiger partial charge in [-0.3, -0.25) is 4.79 Å². The summed E-state index contributed by atoms with van der Waals surface area (Å²) in [5, 5.41) is 3.86. The molecular formula is C17H22N4O3. The highest BCUT2D eigenvalue weighted by atomic mass is 16.5. The number of ether oxygens (including phenoxy) is 1. The van der Waals surface area contributed by atoms with Crippen LogP contribution in [0.15, 0.2) is 22.9 Å². The van der Waals surface area contributed by atoms with Crippen molar-refractivity contribution in [3.8, 4) is 5.75 Å². The van der Waals surface area contributed by atoms with Crippen molar-refractivity contribution in [1.82, 2.24) is 15.0 Å². The van der Waals surface area contributed by atoms with Gasteiger partial charge in [0, 0.05) is 33.3 Å². The highest BCUT2D eigenvalue weighted by Gasteiger charge is 2.31. The van der Waals surface area contributed by atoms with Crippen molar-refractivity contribution in [1.29, 1.82) is 0 Å². The Morgan fingerprint density at radius 1 is 1.42 bits per heavy atom. The fourth-order valence-corrected chi connectivity index (χ4v) is 2.94. The number of carbonyl (C=O) groups is 1. The summed E-state index contributed by atoms with van der Waals surface area (Å²) >= 11 is 0. The van der Waals surface area contributed by atoms with Crippen molar-refractivity contribution in [2.45, 2.75) is 26.4 Å². The number of likely N-dealkylation sites (tertiary alicyclic amines) is 1. The predicted molar refractivity (Wildman–Crippen MR) is 89.5 cm³/mol. The Morgan fingerprint density at radius 3 is 2.88 bits per heavy atom. The van der Waals surface area contributed by atoms with Gasteiger partial charge in [-0.15, -0.1) is 0 Å². The maximum absolute atomic E-state index is 12.7. The molecule has 2 aromatic heterocycles. The van der Waals surface area contributed by atoms with Gasteiger partial charge in [-0.05, 0) is 26.0 Å². The van der Waals surface area contributed by atoms with Crippen LogP contribution in [-0.2, 0) is 0 Å². The Bertz CT molecular complexity index is 722. The van der Waals surface area contributed by atoms with Gasteiger partial charge in [-0.25, -0.2) is 4.98 Å². The van der Waals surface area contributed by atoms with E-state index >= 15 is 0 Å². The molecule has 0 spiro atoms. The lowest BCUT2D eigenvalue weighted by molar-refractivity contribution is 0.0770. The lowest BCUT2D eigenvalue weighted by atomic mass is 10.2. The fourth-order valence-electron chi connectivity index (χ4n) is 2.94. The first-order chi connectivity index (χ1) is 11.5. The van der Waals surface area contributed by atoms with E-state index in [9.17, 15) is 4.79 Å². The minimum absolute atomic E-state index is 0.0441. The van der Waals surface area contributed by atoms with Gasteiger partial charge in [-0.2, -0.15) is 0 Å². The summed E-state index contributed by atoms with van der Waals surface area (Å²) in [4.78, 5) is 20.7. The normalized spacial score (nSPS) is 17.2. The van der Waals surface area contributed by atoms with Crippen LogP contribution < -0.4 is 9.64 Å². The van der Waals surface area contributed by atoms with E-state index in [-0.39, 0.29) is 12.0 Å². The Hall–Kier alpha value is -2.57. The number of nitrogens with zero attached hydrogens (tertiary/aromatic N) is 4. The van der Waals surface area contributed by atoms with E-state index in [1.807, 2.05) is 31.1 Å². The lowest BCUT2D eigenvalue weighted by Gasteiger charge is -2.20. The smallest absolute Gasteiger partial charge is 0.259 e. The number of rotatable bonds is 4. The number of aryl methyl sites for hydroxylation is 2. The van der Waals surface area contributed by atoms with Crippen LogP contribution >= 0.6 is 0 Å². The maximum atomic E-state index is 12.7. The van der Waals surface area contributed by atoms with Crippen molar-refractivity contribution in [3.05, 3.63) is 35.3 Å². The predicted octanol–water partition coefficient (Wildman–Crippen LogP) is 2.05. The summed E-state index contributed by atoms with van der Waals surface area (Å²) < 4.78 is 11.2. The highest BCUT2D eigenvalue weighted by molar-refractivity contribution is 5.96. The molecular weight excluding hydrogens is 308 g/mol. The molecule has 1 atom stereocenters. The quantitative estimate of drug-likeness (QED) is 0.854. The van der Waals surface area contributed by atoms with Crippen LogP contribution in [0.3, 0.4) is 0 Å². The maximum Gasteiger partial charge on any atom is 0.259 e. The van der Waals surface area contributed by atoms with Crippen LogP contribution in [0.4, 0.5) is 5.82 Å². The standard InChI is InChI=1S/C17H22N4O3/c1-11-15(12(2)24-19-11)17(22)21-9-7-13(10-21)23-14-6-5-8-18-16(14)20(3)4/h5-6,8,13H,7,9-10H2,1-4H3. The van der Waals surface area contributed by atoms with Crippen molar-refractivity contribution in [2.75, 3.05) is 32.1 Å². The van der Waals surface area contributed by atoms with Gasteiger partial charge < -0.3 is 19.1 Å². The zero-order valence-corrected chi connectivity index (χ0v) is 14.4. The third kappa shape index (κ3) is 3.06. The van der Waals surface area contributed by atoms with E-state index in [1.54, 1.807) is 24.9 Å². The summed E-state index contributed by atoms with van der Waals surface area (Å²) in [6, 6.07) is 3.76. The summed E-state index contributed by atoms with van der Waals surface area (Å²) in [7, 11) is 3.86. The Labute approximate surface area is 141 Å². The van der Waals surface area contributed by atoms with Crippen molar-refractivity contribution in [2.24, 2.45) is 0 Å². The van der Waals surface area contributed by atoms with Crippen LogP contribution in [0.5, 0.6) is 5.75 Å². The SMILES string of the molecule is Cc1noc(C)c1C(=O)N1CCC(Oc2cccnc2N(C)C)C1. The zero-order chi connectivity index (χ0) is 17.3. The first-order valence-electron chi connectivity index (χ1n) is 7.98. The molecule has 2 aromatic rings. The summed E-state index contributed by atoms with van der Waals surface area (Å²) in [6.07, 6.45) is 2.48. The number of amides is 1. The van der Waals surface area contributed by atoms with Gasteiger partial charge in [0.2, 0.25) is 0 Å². The number of hydrogen-bond acceptors (Lipinski definition) is 6. The van der Waals surface area contributed by atoms with Crippen LogP contribution in [0, 0.1) is 13.8 Å². The topological polar surface area (TPSA) is 71.7 Å². The largest absolute Gasteiger partial charge is 0.485 e. The van der Waals surface area contributed by atoms with Crippen molar-refractivity contribution < 1.29 is 14.1 Å². The molecule has 0 aliphatic carbocycles. The molecule has 7 heteroatoms. The van der Waals surface area contributed by atoms with E-state index in [4.69, 9.17) is 9.26 Å². The van der Waals surface area contributed by atoms with Crippen LogP contribution in [0.2, 0.25) is 0 Å². The molecule has 1 fully saturated rings. The Kier molecular flexibility index (Phi) is 4.42. The second-order valence-corrected chi connectivity index (χ2v) is 6.20. The van der Waals surface area contributed by atoms with Crippen LogP contribution in [-0.4, -0.2) is 54.2 Å². The molecule has 1 saturated heterocycles.